The van der Waals surface area contributed by atoms with Crippen LogP contribution in [-0.2, 0) is 18.0 Å². The van der Waals surface area contributed by atoms with Gasteiger partial charge >= 0.3 is 0 Å². The minimum atomic E-state index is 0.0455. The Bertz CT molecular complexity index is 780. The van der Waals surface area contributed by atoms with E-state index in [2.05, 4.69) is 45.0 Å². The molecular weight excluding hydrogens is 428 g/mol. The predicted octanol–water partition coefficient (Wildman–Crippen LogP) is 4.49. The quantitative estimate of drug-likeness (QED) is 0.587. The summed E-state index contributed by atoms with van der Waals surface area (Å²) in [4.78, 5) is 17.3. The van der Waals surface area contributed by atoms with Crippen molar-refractivity contribution >= 4 is 61.9 Å². The monoisotopic (exact) mass is 446 g/mol. The lowest BCUT2D eigenvalue weighted by molar-refractivity contribution is -0.116. The second-order valence-electron chi connectivity index (χ2n) is 5.76. The molecule has 1 aliphatic carbocycles. The van der Waals surface area contributed by atoms with Gasteiger partial charge in [-0.15, -0.1) is 16.4 Å². The number of nitrogens with zero attached hydrogens (tertiary/aromatic N) is 4. The molecule has 0 saturated heterocycles. The molecule has 2 aromatic rings. The second-order valence-corrected chi connectivity index (χ2v) is 9.91. The molecule has 9 heteroatoms. The number of aromatic nitrogens is 2. The van der Waals surface area contributed by atoms with Crippen molar-refractivity contribution in [1.29, 1.82) is 0 Å². The fourth-order valence-corrected chi connectivity index (χ4v) is 5.19. The Labute approximate surface area is 163 Å². The van der Waals surface area contributed by atoms with E-state index in [1.807, 2.05) is 4.68 Å². The van der Waals surface area contributed by atoms with Crippen LogP contribution in [0, 0.1) is 3.95 Å². The van der Waals surface area contributed by atoms with Crippen molar-refractivity contribution in [2.45, 2.75) is 45.9 Å². The SMILES string of the molecule is CCN(Cc1ccc(Br)s1)Cn1nc(N(C(C)=O)C2CC2)sc1=S. The number of carbonyl (C=O) groups is 1. The third-order valence-electron chi connectivity index (χ3n) is 3.84. The van der Waals surface area contributed by atoms with Crippen LogP contribution in [0.2, 0.25) is 0 Å². The molecule has 130 valence electrons. The van der Waals surface area contributed by atoms with E-state index in [1.54, 1.807) is 23.2 Å². The highest BCUT2D eigenvalue weighted by molar-refractivity contribution is 9.11. The van der Waals surface area contributed by atoms with Gasteiger partial charge < -0.3 is 0 Å². The van der Waals surface area contributed by atoms with E-state index < -0.39 is 0 Å². The molecule has 0 N–H and O–H groups in total. The van der Waals surface area contributed by atoms with Crippen molar-refractivity contribution in [3.63, 3.8) is 0 Å². The van der Waals surface area contributed by atoms with Crippen LogP contribution in [0.25, 0.3) is 0 Å². The standard InChI is InChI=1S/C15H19BrN4OS3/c1-3-18(8-12-6-7-13(16)23-12)9-19-15(22)24-14(17-19)20(10(2)21)11-4-5-11/h6-7,11H,3-5,8-9H2,1-2H3. The molecule has 24 heavy (non-hydrogen) atoms. The lowest BCUT2D eigenvalue weighted by Gasteiger charge is -2.19. The van der Waals surface area contributed by atoms with Crippen LogP contribution in [0.5, 0.6) is 0 Å². The van der Waals surface area contributed by atoms with Crippen LogP contribution in [0.3, 0.4) is 0 Å². The summed E-state index contributed by atoms with van der Waals surface area (Å²) in [5.41, 5.74) is 0. The van der Waals surface area contributed by atoms with Crippen LogP contribution in [0.1, 0.15) is 31.6 Å². The van der Waals surface area contributed by atoms with E-state index in [0.29, 0.717) is 16.7 Å². The summed E-state index contributed by atoms with van der Waals surface area (Å²) in [7, 11) is 0. The van der Waals surface area contributed by atoms with Crippen molar-refractivity contribution in [2.24, 2.45) is 0 Å². The summed E-state index contributed by atoms with van der Waals surface area (Å²) in [6, 6.07) is 4.51. The number of hydrogen-bond acceptors (Lipinski definition) is 6. The molecule has 1 aliphatic rings. The molecule has 0 bridgehead atoms. The van der Waals surface area contributed by atoms with Gasteiger partial charge in [0.15, 0.2) is 3.95 Å². The first kappa shape index (κ1) is 18.2. The van der Waals surface area contributed by atoms with E-state index in [0.717, 1.165) is 34.8 Å². The van der Waals surface area contributed by atoms with Gasteiger partial charge in [-0.3, -0.25) is 14.6 Å². The molecule has 2 heterocycles. The lowest BCUT2D eigenvalue weighted by atomic mass is 10.4. The topological polar surface area (TPSA) is 41.4 Å². The van der Waals surface area contributed by atoms with E-state index in [9.17, 15) is 4.79 Å². The maximum absolute atomic E-state index is 11.9. The Kier molecular flexibility index (Phi) is 5.86. The van der Waals surface area contributed by atoms with Crippen molar-refractivity contribution in [2.75, 3.05) is 11.4 Å². The van der Waals surface area contributed by atoms with Crippen molar-refractivity contribution in [1.82, 2.24) is 14.7 Å². The van der Waals surface area contributed by atoms with Crippen LogP contribution >= 0.6 is 50.8 Å². The van der Waals surface area contributed by atoms with Crippen LogP contribution in [-0.4, -0.2) is 33.2 Å². The number of halogens is 1. The van der Waals surface area contributed by atoms with Crippen molar-refractivity contribution in [3.05, 3.63) is 24.8 Å². The van der Waals surface area contributed by atoms with Crippen LogP contribution in [0.15, 0.2) is 15.9 Å². The number of rotatable bonds is 7. The van der Waals surface area contributed by atoms with Gasteiger partial charge in [0.1, 0.15) is 0 Å². The number of amides is 1. The van der Waals surface area contributed by atoms with Crippen LogP contribution in [0.4, 0.5) is 5.13 Å². The Morgan fingerprint density at radius 1 is 1.46 bits per heavy atom. The van der Waals surface area contributed by atoms with Gasteiger partial charge in [0.05, 0.1) is 10.5 Å². The van der Waals surface area contributed by atoms with Gasteiger partial charge in [-0.05, 0) is 59.7 Å². The van der Waals surface area contributed by atoms with Crippen LogP contribution < -0.4 is 4.90 Å². The maximum Gasteiger partial charge on any atom is 0.225 e. The number of anilines is 1. The maximum atomic E-state index is 11.9. The lowest BCUT2D eigenvalue weighted by Crippen LogP contribution is -2.31. The summed E-state index contributed by atoms with van der Waals surface area (Å²) in [5.74, 6) is 0.0455. The van der Waals surface area contributed by atoms with Gasteiger partial charge in [-0.1, -0.05) is 18.3 Å². The van der Waals surface area contributed by atoms with Crippen molar-refractivity contribution in [3.8, 4) is 0 Å². The molecule has 0 unspecified atom stereocenters. The van der Waals surface area contributed by atoms with Crippen molar-refractivity contribution < 1.29 is 4.79 Å². The molecule has 0 aromatic carbocycles. The average Bonchev–Trinajstić information content (AvgIpc) is 3.16. The molecule has 1 saturated carbocycles. The summed E-state index contributed by atoms with van der Waals surface area (Å²) in [6.07, 6.45) is 2.11. The molecular formula is C15H19BrN4OS3. The first-order valence-electron chi connectivity index (χ1n) is 7.82. The minimum absolute atomic E-state index is 0.0455. The highest BCUT2D eigenvalue weighted by atomic mass is 79.9. The Morgan fingerprint density at radius 2 is 2.21 bits per heavy atom. The summed E-state index contributed by atoms with van der Waals surface area (Å²) < 4.78 is 3.69. The molecule has 0 radical (unpaired) electrons. The molecule has 1 fully saturated rings. The summed E-state index contributed by atoms with van der Waals surface area (Å²) in [6.45, 7) is 6.13. The zero-order valence-electron chi connectivity index (χ0n) is 13.6. The Hall–Kier alpha value is -0.610. The van der Waals surface area contributed by atoms with Gasteiger partial charge in [0, 0.05) is 24.4 Å². The highest BCUT2D eigenvalue weighted by Gasteiger charge is 2.34. The van der Waals surface area contributed by atoms with E-state index in [4.69, 9.17) is 12.2 Å². The largest absolute Gasteiger partial charge is 0.284 e. The third-order valence-corrected chi connectivity index (χ3v) is 6.76. The fraction of sp³-hybridized carbons (Fsp3) is 0.533. The van der Waals surface area contributed by atoms with Gasteiger partial charge in [-0.25, -0.2) is 4.68 Å². The van der Waals surface area contributed by atoms with E-state index in [-0.39, 0.29) is 5.91 Å². The fourth-order valence-electron chi connectivity index (χ4n) is 2.47. The Balaban J connectivity index is 1.74. The molecule has 3 rings (SSSR count). The second kappa shape index (κ2) is 7.74. The predicted molar refractivity (Wildman–Crippen MR) is 105 cm³/mol. The number of hydrogen-bond donors (Lipinski definition) is 0. The molecule has 0 atom stereocenters. The van der Waals surface area contributed by atoms with E-state index in [1.165, 1.54) is 16.2 Å². The number of carbonyl (C=O) groups excluding carboxylic acids is 1. The average molecular weight is 447 g/mol. The molecule has 2 aromatic heterocycles. The summed E-state index contributed by atoms with van der Waals surface area (Å²) in [5, 5.41) is 5.34. The highest BCUT2D eigenvalue weighted by Crippen LogP contribution is 2.33. The first-order valence-corrected chi connectivity index (χ1v) is 10.7. The molecule has 5 nitrogen and oxygen atoms in total. The third kappa shape index (κ3) is 4.32. The van der Waals surface area contributed by atoms with E-state index >= 15 is 0 Å². The zero-order valence-corrected chi connectivity index (χ0v) is 17.6. The Morgan fingerprint density at radius 3 is 2.75 bits per heavy atom. The zero-order chi connectivity index (χ0) is 17.3. The van der Waals surface area contributed by atoms with Gasteiger partial charge in [0.25, 0.3) is 0 Å². The summed E-state index contributed by atoms with van der Waals surface area (Å²) >= 11 is 12.1. The molecule has 0 spiro atoms. The van der Waals surface area contributed by atoms with Gasteiger partial charge in [0.2, 0.25) is 11.0 Å². The molecule has 0 aliphatic heterocycles. The minimum Gasteiger partial charge on any atom is -0.284 e. The first-order chi connectivity index (χ1) is 11.5. The number of thiophene rings is 1. The van der Waals surface area contributed by atoms with Gasteiger partial charge in [-0.2, -0.15) is 0 Å². The normalized spacial score (nSPS) is 14.3. The molecule has 1 amide bonds. The smallest absolute Gasteiger partial charge is 0.225 e.